The minimum absolute atomic E-state index is 0.0759. The van der Waals surface area contributed by atoms with Crippen molar-refractivity contribution in [2.75, 3.05) is 38.5 Å². The van der Waals surface area contributed by atoms with Crippen LogP contribution >= 0.6 is 11.6 Å². The zero-order chi connectivity index (χ0) is 28.4. The van der Waals surface area contributed by atoms with Gasteiger partial charge in [-0.3, -0.25) is 9.69 Å². The summed E-state index contributed by atoms with van der Waals surface area (Å²) in [5, 5.41) is 7.26. The topological polar surface area (TPSA) is 65.8 Å². The molecule has 0 bridgehead atoms. The third kappa shape index (κ3) is 6.19. The van der Waals surface area contributed by atoms with Crippen LogP contribution in [0.1, 0.15) is 38.3 Å². The van der Waals surface area contributed by atoms with Gasteiger partial charge in [0.05, 0.1) is 16.8 Å². The largest absolute Gasteiger partial charge is 0.416 e. The number of halogens is 4. The van der Waals surface area contributed by atoms with Crippen LogP contribution in [0.4, 0.5) is 18.9 Å². The SMILES string of the molecule is Cc1ccc(C(=O)Nc2ccc(CN3CCN(C)CC3)c(C(F)(F)F)c2)cc1/C=C(/Cl)c1cnc2cccnn12. The molecule has 0 aliphatic carbocycles. The van der Waals surface area contributed by atoms with Crippen LogP contribution in [0.25, 0.3) is 16.8 Å². The number of benzene rings is 2. The van der Waals surface area contributed by atoms with E-state index in [2.05, 4.69) is 20.3 Å². The zero-order valence-corrected chi connectivity index (χ0v) is 22.8. The number of carbonyl (C=O) groups excluding carboxylic acids is 1. The molecule has 11 heteroatoms. The summed E-state index contributed by atoms with van der Waals surface area (Å²) in [5.74, 6) is -0.526. The maximum absolute atomic E-state index is 14.0. The van der Waals surface area contributed by atoms with Crippen LogP contribution in [-0.2, 0) is 12.7 Å². The zero-order valence-electron chi connectivity index (χ0n) is 22.0. The smallest absolute Gasteiger partial charge is 0.322 e. The van der Waals surface area contributed by atoms with Crippen molar-refractivity contribution < 1.29 is 18.0 Å². The number of hydrogen-bond acceptors (Lipinski definition) is 5. The molecule has 5 rings (SSSR count). The maximum Gasteiger partial charge on any atom is 0.416 e. The van der Waals surface area contributed by atoms with Crippen LogP contribution in [0.5, 0.6) is 0 Å². The molecule has 1 aliphatic heterocycles. The molecule has 3 heterocycles. The quantitative estimate of drug-likeness (QED) is 0.319. The van der Waals surface area contributed by atoms with Gasteiger partial charge in [-0.1, -0.05) is 23.7 Å². The van der Waals surface area contributed by atoms with E-state index in [1.54, 1.807) is 53.3 Å². The fourth-order valence-corrected chi connectivity index (χ4v) is 4.89. The minimum Gasteiger partial charge on any atom is -0.322 e. The number of rotatable bonds is 6. The van der Waals surface area contributed by atoms with Gasteiger partial charge in [0.1, 0.15) is 5.69 Å². The molecule has 0 unspecified atom stereocenters. The Bertz CT molecular complexity index is 1570. The Kier molecular flexibility index (Phi) is 7.93. The van der Waals surface area contributed by atoms with Crippen molar-refractivity contribution in [1.82, 2.24) is 24.4 Å². The van der Waals surface area contributed by atoms with Crippen molar-refractivity contribution in [3.63, 3.8) is 0 Å². The third-order valence-corrected chi connectivity index (χ3v) is 7.31. The van der Waals surface area contributed by atoms with Gasteiger partial charge < -0.3 is 10.2 Å². The Morgan fingerprint density at radius 3 is 2.62 bits per heavy atom. The number of alkyl halides is 3. The summed E-state index contributed by atoms with van der Waals surface area (Å²) in [4.78, 5) is 21.5. The number of fused-ring (bicyclic) bond motifs is 1. The average molecular weight is 569 g/mol. The van der Waals surface area contributed by atoms with E-state index in [4.69, 9.17) is 11.6 Å². The van der Waals surface area contributed by atoms with Crippen molar-refractivity contribution in [3.05, 3.63) is 94.4 Å². The fourth-order valence-electron chi connectivity index (χ4n) is 4.65. The second-order valence-electron chi connectivity index (χ2n) is 9.90. The molecule has 1 aliphatic rings. The van der Waals surface area contributed by atoms with Gasteiger partial charge in [-0.05, 0) is 73.1 Å². The van der Waals surface area contributed by atoms with Gasteiger partial charge in [-0.25, -0.2) is 9.50 Å². The highest BCUT2D eigenvalue weighted by Crippen LogP contribution is 2.35. The molecule has 2 aromatic carbocycles. The van der Waals surface area contributed by atoms with Crippen LogP contribution in [-0.4, -0.2) is 63.5 Å². The van der Waals surface area contributed by atoms with Gasteiger partial charge in [0, 0.05) is 50.2 Å². The van der Waals surface area contributed by atoms with Gasteiger partial charge in [-0.2, -0.15) is 18.3 Å². The molecule has 4 aromatic rings. The molecule has 0 saturated carbocycles. The van der Waals surface area contributed by atoms with E-state index in [-0.39, 0.29) is 23.4 Å². The number of likely N-dealkylation sites (N-methyl/N-ethyl adjacent to an activating group) is 1. The summed E-state index contributed by atoms with van der Waals surface area (Å²) < 4.78 is 43.5. The van der Waals surface area contributed by atoms with E-state index in [9.17, 15) is 18.0 Å². The van der Waals surface area contributed by atoms with Gasteiger partial charge in [0.15, 0.2) is 5.65 Å². The molecule has 40 heavy (non-hydrogen) atoms. The molecule has 2 aromatic heterocycles. The number of imidazole rings is 1. The average Bonchev–Trinajstić information content (AvgIpc) is 3.36. The summed E-state index contributed by atoms with van der Waals surface area (Å²) in [6.07, 6.45) is 0.398. The second-order valence-corrected chi connectivity index (χ2v) is 10.3. The van der Waals surface area contributed by atoms with E-state index in [1.807, 2.05) is 18.9 Å². The lowest BCUT2D eigenvalue weighted by Crippen LogP contribution is -2.44. The highest BCUT2D eigenvalue weighted by molar-refractivity contribution is 6.51. The Hall–Kier alpha value is -3.73. The lowest BCUT2D eigenvalue weighted by molar-refractivity contribution is -0.138. The Morgan fingerprint density at radius 2 is 1.88 bits per heavy atom. The van der Waals surface area contributed by atoms with Crippen LogP contribution in [0.15, 0.2) is 60.9 Å². The number of amides is 1. The normalized spacial score (nSPS) is 15.5. The number of hydrogen-bond donors (Lipinski definition) is 1. The van der Waals surface area contributed by atoms with E-state index in [0.717, 1.165) is 24.7 Å². The molecule has 0 spiro atoms. The summed E-state index contributed by atoms with van der Waals surface area (Å²) in [6.45, 7) is 5.10. The van der Waals surface area contributed by atoms with Crippen LogP contribution < -0.4 is 5.32 Å². The monoisotopic (exact) mass is 568 g/mol. The van der Waals surface area contributed by atoms with Crippen molar-refractivity contribution in [1.29, 1.82) is 0 Å². The molecule has 1 fully saturated rings. The summed E-state index contributed by atoms with van der Waals surface area (Å²) in [6, 6.07) is 12.6. The molecule has 0 radical (unpaired) electrons. The number of nitrogens with one attached hydrogen (secondary N) is 1. The molecule has 1 amide bonds. The first-order valence-corrected chi connectivity index (χ1v) is 13.2. The first-order valence-electron chi connectivity index (χ1n) is 12.8. The Morgan fingerprint density at radius 1 is 1.10 bits per heavy atom. The van der Waals surface area contributed by atoms with Crippen molar-refractivity contribution in [2.45, 2.75) is 19.6 Å². The molecule has 1 N–H and O–H groups in total. The second kappa shape index (κ2) is 11.4. The lowest BCUT2D eigenvalue weighted by Gasteiger charge is -2.33. The van der Waals surface area contributed by atoms with E-state index < -0.39 is 17.6 Å². The highest BCUT2D eigenvalue weighted by atomic mass is 35.5. The van der Waals surface area contributed by atoms with Crippen LogP contribution in [0.2, 0.25) is 0 Å². The van der Waals surface area contributed by atoms with Gasteiger partial charge in [0.2, 0.25) is 0 Å². The first-order chi connectivity index (χ1) is 19.1. The molecule has 7 nitrogen and oxygen atoms in total. The number of anilines is 1. The molecular formula is C29H28ClF3N6O. The van der Waals surface area contributed by atoms with Crippen molar-refractivity contribution in [2.24, 2.45) is 0 Å². The van der Waals surface area contributed by atoms with Gasteiger partial charge in [-0.15, -0.1) is 0 Å². The summed E-state index contributed by atoms with van der Waals surface area (Å²) in [5.41, 5.74) is 2.58. The summed E-state index contributed by atoms with van der Waals surface area (Å²) >= 11 is 6.59. The predicted octanol–water partition coefficient (Wildman–Crippen LogP) is 5.79. The number of piperazine rings is 1. The molecular weight excluding hydrogens is 541 g/mol. The number of nitrogens with zero attached hydrogens (tertiary/aromatic N) is 5. The Labute approximate surface area is 234 Å². The van der Waals surface area contributed by atoms with Crippen LogP contribution in [0, 0.1) is 6.92 Å². The molecule has 0 atom stereocenters. The van der Waals surface area contributed by atoms with E-state index in [0.29, 0.717) is 35.0 Å². The Balaban J connectivity index is 1.36. The number of aryl methyl sites for hydroxylation is 1. The van der Waals surface area contributed by atoms with Crippen LogP contribution in [0.3, 0.4) is 0 Å². The number of aromatic nitrogens is 3. The predicted molar refractivity (Wildman–Crippen MR) is 150 cm³/mol. The molecule has 208 valence electrons. The third-order valence-electron chi connectivity index (χ3n) is 7.01. The highest BCUT2D eigenvalue weighted by Gasteiger charge is 2.34. The summed E-state index contributed by atoms with van der Waals surface area (Å²) in [7, 11) is 2.00. The van der Waals surface area contributed by atoms with Crippen molar-refractivity contribution >= 4 is 40.0 Å². The maximum atomic E-state index is 14.0. The standard InChI is InChI=1S/C29H28ClF3N6O/c1-19-5-6-20(14-22(19)15-25(30)26-17-34-27-4-3-9-35-39(26)27)28(40)36-23-8-7-21(24(16-23)29(31,32)33)18-38-12-10-37(2)11-13-38/h3-9,14-17H,10-13,18H2,1-2H3,(H,36,40)/b25-15+. The molecule has 1 saturated heterocycles. The van der Waals surface area contributed by atoms with Gasteiger partial charge >= 0.3 is 6.18 Å². The number of carbonyl (C=O) groups is 1. The lowest BCUT2D eigenvalue weighted by atomic mass is 10.0. The van der Waals surface area contributed by atoms with Gasteiger partial charge in [0.25, 0.3) is 5.91 Å². The van der Waals surface area contributed by atoms with E-state index >= 15 is 0 Å². The first kappa shape index (κ1) is 27.8. The van der Waals surface area contributed by atoms with E-state index in [1.165, 1.54) is 12.1 Å². The fraction of sp³-hybridized carbons (Fsp3) is 0.276. The van der Waals surface area contributed by atoms with Crippen molar-refractivity contribution in [3.8, 4) is 0 Å². The minimum atomic E-state index is -4.55.